The summed E-state index contributed by atoms with van der Waals surface area (Å²) >= 11 is 0. The molecule has 0 radical (unpaired) electrons. The van der Waals surface area contributed by atoms with Crippen molar-refractivity contribution in [2.24, 2.45) is 0 Å². The fraction of sp³-hybridized carbons (Fsp3) is 0.300. The van der Waals surface area contributed by atoms with Crippen LogP contribution >= 0.6 is 0 Å². The molecule has 54 valence electrons. The Morgan fingerprint density at radius 1 is 1.20 bits per heavy atom. The molecule has 0 aromatic rings. The van der Waals surface area contributed by atoms with Crippen LogP contribution in [0.15, 0.2) is 42.2 Å². The first kappa shape index (κ1) is 9.00. The first-order valence-electron chi connectivity index (χ1n) is 3.60. The number of rotatable bonds is 3. The van der Waals surface area contributed by atoms with E-state index in [1.165, 1.54) is 0 Å². The monoisotopic (exact) mass is 134 g/mol. The minimum atomic E-state index is 1.09. The molecule has 0 amide bonds. The minimum absolute atomic E-state index is 1.09. The molecule has 0 spiro atoms. The molecule has 0 aliphatic heterocycles. The fourth-order valence-electron chi connectivity index (χ4n) is 0.486. The summed E-state index contributed by atoms with van der Waals surface area (Å²) in [7, 11) is 0. The standard InChI is InChI=1S/C10H14/c1-3-5-7-9-10-8-6-4-2/h3,6-10H,4H2,1-2H3. The number of hydrogen-bond acceptors (Lipinski definition) is 0. The highest BCUT2D eigenvalue weighted by atomic mass is 13.7. The molecule has 0 unspecified atom stereocenters. The van der Waals surface area contributed by atoms with Crippen molar-refractivity contribution in [2.75, 3.05) is 0 Å². The van der Waals surface area contributed by atoms with Crippen LogP contribution < -0.4 is 0 Å². The van der Waals surface area contributed by atoms with Crippen LogP contribution in [-0.4, -0.2) is 0 Å². The Hall–Kier alpha value is -1.00. The highest BCUT2D eigenvalue weighted by Gasteiger charge is 1.60. The Kier molecular flexibility index (Phi) is 7.20. The van der Waals surface area contributed by atoms with Crippen LogP contribution in [0.3, 0.4) is 0 Å². The molecule has 0 bridgehead atoms. The van der Waals surface area contributed by atoms with Crippen molar-refractivity contribution in [3.05, 3.63) is 42.2 Å². The smallest absolute Gasteiger partial charge is 0.0203 e. The average molecular weight is 134 g/mol. The van der Waals surface area contributed by atoms with Gasteiger partial charge in [0.1, 0.15) is 0 Å². The van der Waals surface area contributed by atoms with E-state index in [1.54, 1.807) is 0 Å². The van der Waals surface area contributed by atoms with Crippen molar-refractivity contribution < 1.29 is 0 Å². The van der Waals surface area contributed by atoms with Gasteiger partial charge in [0, 0.05) is 0 Å². The SMILES string of the molecule is CC=C=CC=CC=CCC. The average Bonchev–Trinajstić information content (AvgIpc) is 1.97. The molecule has 0 nitrogen and oxygen atoms in total. The molecule has 0 rings (SSSR count). The maximum atomic E-state index is 2.95. The maximum absolute atomic E-state index is 2.95. The second-order valence-corrected chi connectivity index (χ2v) is 1.84. The molecule has 0 aromatic heterocycles. The molecule has 0 atom stereocenters. The van der Waals surface area contributed by atoms with Crippen LogP contribution in [0.4, 0.5) is 0 Å². The van der Waals surface area contributed by atoms with Gasteiger partial charge in [-0.3, -0.25) is 0 Å². The van der Waals surface area contributed by atoms with E-state index in [1.807, 2.05) is 37.3 Å². The van der Waals surface area contributed by atoms with Crippen molar-refractivity contribution in [3.8, 4) is 0 Å². The minimum Gasteiger partial charge on any atom is -0.125 e. The lowest BCUT2D eigenvalue weighted by Gasteiger charge is -1.71. The Balaban J connectivity index is 3.57. The van der Waals surface area contributed by atoms with Gasteiger partial charge < -0.3 is 0 Å². The highest BCUT2D eigenvalue weighted by molar-refractivity contribution is 5.10. The summed E-state index contributed by atoms with van der Waals surface area (Å²) in [5.41, 5.74) is 2.95. The van der Waals surface area contributed by atoms with Gasteiger partial charge in [0.25, 0.3) is 0 Å². The number of hydrogen-bond donors (Lipinski definition) is 0. The topological polar surface area (TPSA) is 0 Å². The van der Waals surface area contributed by atoms with Crippen LogP contribution in [0.25, 0.3) is 0 Å². The Morgan fingerprint density at radius 2 is 2.00 bits per heavy atom. The molecule has 0 aliphatic carbocycles. The molecular weight excluding hydrogens is 120 g/mol. The van der Waals surface area contributed by atoms with E-state index < -0.39 is 0 Å². The molecule has 0 heterocycles. The lowest BCUT2D eigenvalue weighted by Crippen LogP contribution is -1.50. The zero-order valence-corrected chi connectivity index (χ0v) is 6.67. The maximum Gasteiger partial charge on any atom is -0.0203 e. The largest absolute Gasteiger partial charge is 0.125 e. The summed E-state index contributed by atoms with van der Waals surface area (Å²) in [6, 6.07) is 0. The lowest BCUT2D eigenvalue weighted by molar-refractivity contribution is 1.22. The molecule has 0 heteroatoms. The van der Waals surface area contributed by atoms with E-state index in [4.69, 9.17) is 0 Å². The lowest BCUT2D eigenvalue weighted by atomic mass is 10.4. The van der Waals surface area contributed by atoms with Gasteiger partial charge in [-0.25, -0.2) is 0 Å². The van der Waals surface area contributed by atoms with Crippen LogP contribution in [-0.2, 0) is 0 Å². The highest BCUT2D eigenvalue weighted by Crippen LogP contribution is 1.81. The van der Waals surface area contributed by atoms with Gasteiger partial charge in [-0.15, -0.1) is 5.73 Å². The summed E-state index contributed by atoms with van der Waals surface area (Å²) in [6.07, 6.45) is 13.0. The predicted octanol–water partition coefficient (Wildman–Crippen LogP) is 3.24. The van der Waals surface area contributed by atoms with E-state index >= 15 is 0 Å². The summed E-state index contributed by atoms with van der Waals surface area (Å²) in [6.45, 7) is 4.07. The first-order chi connectivity index (χ1) is 4.91. The van der Waals surface area contributed by atoms with E-state index in [0.29, 0.717) is 0 Å². The van der Waals surface area contributed by atoms with E-state index in [0.717, 1.165) is 6.42 Å². The zero-order valence-electron chi connectivity index (χ0n) is 6.67. The summed E-state index contributed by atoms with van der Waals surface area (Å²) in [4.78, 5) is 0. The van der Waals surface area contributed by atoms with Crippen LogP contribution in [0, 0.1) is 0 Å². The summed E-state index contributed by atoms with van der Waals surface area (Å²) in [5.74, 6) is 0. The summed E-state index contributed by atoms with van der Waals surface area (Å²) < 4.78 is 0. The van der Waals surface area contributed by atoms with Crippen LogP contribution in [0.5, 0.6) is 0 Å². The Morgan fingerprint density at radius 3 is 2.60 bits per heavy atom. The zero-order chi connectivity index (χ0) is 7.66. The van der Waals surface area contributed by atoms with Gasteiger partial charge in [-0.1, -0.05) is 31.2 Å². The molecule has 0 saturated carbocycles. The fourth-order valence-corrected chi connectivity index (χ4v) is 0.486. The van der Waals surface area contributed by atoms with Crippen molar-refractivity contribution in [2.45, 2.75) is 20.3 Å². The van der Waals surface area contributed by atoms with E-state index in [-0.39, 0.29) is 0 Å². The van der Waals surface area contributed by atoms with Gasteiger partial charge >= 0.3 is 0 Å². The van der Waals surface area contributed by atoms with Gasteiger partial charge in [0.05, 0.1) is 0 Å². The third-order valence-corrected chi connectivity index (χ3v) is 0.953. The third kappa shape index (κ3) is 7.00. The van der Waals surface area contributed by atoms with Gasteiger partial charge in [-0.05, 0) is 25.5 Å². The number of allylic oxidation sites excluding steroid dienone is 5. The molecule has 0 fully saturated rings. The van der Waals surface area contributed by atoms with Crippen molar-refractivity contribution >= 4 is 0 Å². The normalized spacial score (nSPS) is 10.2. The van der Waals surface area contributed by atoms with E-state index in [2.05, 4.69) is 18.7 Å². The van der Waals surface area contributed by atoms with Crippen molar-refractivity contribution in [3.63, 3.8) is 0 Å². The quantitative estimate of drug-likeness (QED) is 0.410. The van der Waals surface area contributed by atoms with Gasteiger partial charge in [0.15, 0.2) is 0 Å². The molecule has 10 heavy (non-hydrogen) atoms. The second kappa shape index (κ2) is 8.00. The van der Waals surface area contributed by atoms with Gasteiger partial charge in [0.2, 0.25) is 0 Å². The Bertz CT molecular complexity index is 164. The van der Waals surface area contributed by atoms with Gasteiger partial charge in [-0.2, -0.15) is 0 Å². The van der Waals surface area contributed by atoms with Crippen molar-refractivity contribution in [1.29, 1.82) is 0 Å². The molecular formula is C10H14. The molecule has 0 aliphatic rings. The first-order valence-corrected chi connectivity index (χ1v) is 3.60. The van der Waals surface area contributed by atoms with Crippen LogP contribution in [0.1, 0.15) is 20.3 Å². The Labute approximate surface area is 63.3 Å². The molecule has 0 N–H and O–H groups in total. The predicted molar refractivity (Wildman–Crippen MR) is 46.9 cm³/mol. The second-order valence-electron chi connectivity index (χ2n) is 1.84. The molecule has 0 saturated heterocycles. The van der Waals surface area contributed by atoms with Crippen LogP contribution in [0.2, 0.25) is 0 Å². The third-order valence-electron chi connectivity index (χ3n) is 0.953. The molecule has 0 aromatic carbocycles. The van der Waals surface area contributed by atoms with E-state index in [9.17, 15) is 0 Å². The summed E-state index contributed by atoms with van der Waals surface area (Å²) in [5, 5.41) is 0. The van der Waals surface area contributed by atoms with Crippen molar-refractivity contribution in [1.82, 2.24) is 0 Å².